The van der Waals surface area contributed by atoms with E-state index in [4.69, 9.17) is 15.2 Å². The lowest BCUT2D eigenvalue weighted by atomic mass is 9.98. The smallest absolute Gasteiger partial charge is 0.274 e. The predicted molar refractivity (Wildman–Crippen MR) is 118 cm³/mol. The van der Waals surface area contributed by atoms with Gasteiger partial charge in [0.25, 0.3) is 11.8 Å². The van der Waals surface area contributed by atoms with Gasteiger partial charge in [-0.1, -0.05) is 0 Å². The number of fused-ring (bicyclic) bond motifs is 3. The first-order valence-corrected chi connectivity index (χ1v) is 10.7. The van der Waals surface area contributed by atoms with E-state index in [0.29, 0.717) is 34.0 Å². The third-order valence-corrected chi connectivity index (χ3v) is 6.11. The zero-order chi connectivity index (χ0) is 22.5. The van der Waals surface area contributed by atoms with Gasteiger partial charge in [-0.25, -0.2) is 4.68 Å². The predicted octanol–water partition coefficient (Wildman–Crippen LogP) is 3.47. The van der Waals surface area contributed by atoms with E-state index in [1.54, 1.807) is 28.8 Å². The van der Waals surface area contributed by atoms with E-state index in [1.807, 2.05) is 37.6 Å². The number of hydrogen-bond acceptors (Lipinski definition) is 6. The van der Waals surface area contributed by atoms with Gasteiger partial charge in [-0.15, -0.1) is 0 Å². The summed E-state index contributed by atoms with van der Waals surface area (Å²) in [5, 5.41) is 8.58. The zero-order valence-electron chi connectivity index (χ0n) is 18.1. The van der Waals surface area contributed by atoms with Crippen LogP contribution >= 0.6 is 11.3 Å². The van der Waals surface area contributed by atoms with Crippen molar-refractivity contribution < 1.29 is 19.1 Å². The summed E-state index contributed by atoms with van der Waals surface area (Å²) >= 11 is 1.53. The maximum absolute atomic E-state index is 13.3. The Labute approximate surface area is 184 Å². The number of nitrogens with two attached hydrogens (primary N) is 1. The Balaban J connectivity index is 1.98. The van der Waals surface area contributed by atoms with Gasteiger partial charge >= 0.3 is 0 Å². The minimum atomic E-state index is -0.614. The number of benzene rings is 1. The van der Waals surface area contributed by atoms with Crippen molar-refractivity contribution >= 4 is 23.2 Å². The molecule has 2 aromatic heterocycles. The molecule has 0 saturated heterocycles. The number of thiophene rings is 1. The van der Waals surface area contributed by atoms with Gasteiger partial charge < -0.3 is 20.1 Å². The van der Waals surface area contributed by atoms with Crippen LogP contribution < -0.4 is 15.2 Å². The summed E-state index contributed by atoms with van der Waals surface area (Å²) in [4.78, 5) is 27.0. The van der Waals surface area contributed by atoms with Crippen molar-refractivity contribution in [3.63, 3.8) is 0 Å². The van der Waals surface area contributed by atoms with Gasteiger partial charge in [0.1, 0.15) is 18.1 Å². The van der Waals surface area contributed by atoms with Crippen LogP contribution in [0.1, 0.15) is 47.2 Å². The van der Waals surface area contributed by atoms with Gasteiger partial charge in [-0.2, -0.15) is 16.4 Å². The van der Waals surface area contributed by atoms with Crippen molar-refractivity contribution in [1.29, 1.82) is 0 Å². The largest absolute Gasteiger partial charge is 0.496 e. The topological polar surface area (TPSA) is 99.7 Å². The van der Waals surface area contributed by atoms with Crippen molar-refractivity contribution in [3.05, 3.63) is 45.8 Å². The van der Waals surface area contributed by atoms with Crippen molar-refractivity contribution in [2.75, 3.05) is 14.2 Å². The lowest BCUT2D eigenvalue weighted by Crippen LogP contribution is -2.43. The van der Waals surface area contributed by atoms with E-state index in [9.17, 15) is 9.59 Å². The molecule has 4 rings (SSSR count). The van der Waals surface area contributed by atoms with Gasteiger partial charge in [0, 0.05) is 35.2 Å². The number of hydrogen-bond donors (Lipinski definition) is 1. The molecule has 0 fully saturated rings. The highest BCUT2D eigenvalue weighted by atomic mass is 32.1. The quantitative estimate of drug-likeness (QED) is 0.670. The summed E-state index contributed by atoms with van der Waals surface area (Å²) < 4.78 is 13.0. The molecule has 1 aliphatic heterocycles. The van der Waals surface area contributed by atoms with Crippen molar-refractivity contribution in [3.8, 4) is 28.4 Å². The first-order valence-electron chi connectivity index (χ1n) is 9.71. The van der Waals surface area contributed by atoms with Crippen LogP contribution in [0.2, 0.25) is 0 Å². The molecule has 2 amide bonds. The van der Waals surface area contributed by atoms with Crippen molar-refractivity contribution in [2.24, 2.45) is 5.73 Å². The van der Waals surface area contributed by atoms with Crippen molar-refractivity contribution in [1.82, 2.24) is 14.7 Å². The van der Waals surface area contributed by atoms with Gasteiger partial charge in [0.15, 0.2) is 5.69 Å². The summed E-state index contributed by atoms with van der Waals surface area (Å²) in [6.45, 7) is 6.06. The first-order chi connectivity index (χ1) is 14.6. The second-order valence-electron chi connectivity index (χ2n) is 8.31. The van der Waals surface area contributed by atoms with Crippen LogP contribution in [-0.2, 0) is 6.61 Å². The summed E-state index contributed by atoms with van der Waals surface area (Å²) in [5.74, 6) is 0.0551. The molecule has 31 heavy (non-hydrogen) atoms. The molecule has 3 aromatic rings. The first kappa shape index (κ1) is 20.9. The van der Waals surface area contributed by atoms with Crippen LogP contribution in [-0.4, -0.2) is 46.2 Å². The number of nitrogens with zero attached hydrogens (tertiary/aromatic N) is 3. The molecule has 0 unspecified atom stereocenters. The third kappa shape index (κ3) is 3.44. The summed E-state index contributed by atoms with van der Waals surface area (Å²) in [6.07, 6.45) is 0. The van der Waals surface area contributed by atoms with Crippen LogP contribution in [0.15, 0.2) is 29.0 Å². The zero-order valence-corrected chi connectivity index (χ0v) is 18.9. The highest BCUT2D eigenvalue weighted by Gasteiger charge is 2.34. The Kier molecular flexibility index (Phi) is 5.01. The molecule has 0 aliphatic carbocycles. The molecule has 2 N–H and O–H groups in total. The molecule has 0 atom stereocenters. The fourth-order valence-corrected chi connectivity index (χ4v) is 4.06. The number of methoxy groups -OCH3 is 1. The van der Waals surface area contributed by atoms with Crippen LogP contribution in [0.25, 0.3) is 16.9 Å². The number of amides is 2. The molecule has 0 saturated carbocycles. The van der Waals surface area contributed by atoms with Crippen molar-refractivity contribution in [2.45, 2.75) is 32.9 Å². The molecule has 1 aromatic carbocycles. The van der Waals surface area contributed by atoms with E-state index in [0.717, 1.165) is 5.69 Å². The Morgan fingerprint density at radius 3 is 2.65 bits per heavy atom. The minimum absolute atomic E-state index is 0.171. The third-order valence-electron chi connectivity index (χ3n) is 5.44. The van der Waals surface area contributed by atoms with E-state index in [-0.39, 0.29) is 23.6 Å². The second kappa shape index (κ2) is 7.42. The lowest BCUT2D eigenvalue weighted by molar-refractivity contribution is 0.0646. The van der Waals surface area contributed by atoms with Gasteiger partial charge in [-0.05, 0) is 38.3 Å². The number of aromatic nitrogens is 2. The molecular weight excluding hydrogens is 416 g/mol. The Morgan fingerprint density at radius 2 is 2.06 bits per heavy atom. The van der Waals surface area contributed by atoms with E-state index >= 15 is 0 Å². The lowest BCUT2D eigenvalue weighted by Gasteiger charge is -2.31. The van der Waals surface area contributed by atoms with E-state index in [1.165, 1.54) is 18.4 Å². The SMILES string of the molecule is COc1cc2c(cc1C(N)=O)-c1c(c(C(=O)N(C)C(C)(C)C)nn1-c1ccsc1)CO2. The molecule has 3 heterocycles. The number of ether oxygens (including phenoxy) is 2. The second-order valence-corrected chi connectivity index (χ2v) is 9.09. The van der Waals surface area contributed by atoms with Crippen LogP contribution in [0.5, 0.6) is 11.5 Å². The Bertz CT molecular complexity index is 1180. The highest BCUT2D eigenvalue weighted by Crippen LogP contribution is 2.43. The van der Waals surface area contributed by atoms with Gasteiger partial charge in [0.05, 0.1) is 24.1 Å². The molecule has 1 aliphatic rings. The maximum Gasteiger partial charge on any atom is 0.274 e. The molecule has 0 bridgehead atoms. The molecule has 162 valence electrons. The maximum atomic E-state index is 13.3. The average molecular weight is 441 g/mol. The molecular formula is C22H24N4O4S. The highest BCUT2D eigenvalue weighted by molar-refractivity contribution is 7.08. The summed E-state index contributed by atoms with van der Waals surface area (Å²) in [5.41, 5.74) is 8.57. The monoisotopic (exact) mass is 440 g/mol. The molecule has 9 heteroatoms. The normalized spacial score (nSPS) is 12.5. The van der Waals surface area contributed by atoms with Crippen LogP contribution in [0, 0.1) is 0 Å². The molecule has 0 spiro atoms. The standard InChI is InChI=1S/C22H24N4O4S/c1-22(2,3)25(4)21(28)18-15-10-30-17-9-16(29-5)14(20(23)27)8-13(17)19(15)26(24-18)12-6-7-31-11-12/h6-9,11H,10H2,1-5H3,(H2,23,27). The van der Waals surface area contributed by atoms with Gasteiger partial charge in [-0.3, -0.25) is 9.59 Å². The summed E-state index contributed by atoms with van der Waals surface area (Å²) in [6, 6.07) is 5.21. The number of rotatable bonds is 4. The molecule has 8 nitrogen and oxygen atoms in total. The Hall–Kier alpha value is -3.33. The fourth-order valence-electron chi connectivity index (χ4n) is 3.44. The number of carbonyl (C=O) groups excluding carboxylic acids is 2. The minimum Gasteiger partial charge on any atom is -0.496 e. The van der Waals surface area contributed by atoms with E-state index < -0.39 is 5.91 Å². The van der Waals surface area contributed by atoms with Gasteiger partial charge in [0.2, 0.25) is 0 Å². The number of carbonyl (C=O) groups is 2. The fraction of sp³-hybridized carbons (Fsp3) is 0.318. The van der Waals surface area contributed by atoms with Crippen LogP contribution in [0.3, 0.4) is 0 Å². The van der Waals surface area contributed by atoms with Crippen LogP contribution in [0.4, 0.5) is 0 Å². The number of primary amides is 1. The Morgan fingerprint density at radius 1 is 1.32 bits per heavy atom. The summed E-state index contributed by atoms with van der Waals surface area (Å²) in [7, 11) is 3.23. The average Bonchev–Trinajstić information content (AvgIpc) is 3.38. The molecule has 0 radical (unpaired) electrons. The van der Waals surface area contributed by atoms with E-state index in [2.05, 4.69) is 5.10 Å².